The van der Waals surface area contributed by atoms with Crippen molar-refractivity contribution in [2.24, 2.45) is 0 Å². The maximum atomic E-state index is 13.4. The lowest BCUT2D eigenvalue weighted by Crippen LogP contribution is -2.50. The van der Waals surface area contributed by atoms with Crippen molar-refractivity contribution in [2.75, 3.05) is 38.3 Å². The Balaban J connectivity index is 1.36. The molecule has 3 aromatic rings. The van der Waals surface area contributed by atoms with Crippen LogP contribution in [0, 0.1) is 0 Å². The Bertz CT molecular complexity index is 1980. The minimum absolute atomic E-state index is 0.00136. The molecule has 3 aromatic heterocycles. The number of phosphoric acid groups is 2. The molecule has 0 radical (unpaired) electrons. The molecule has 10 N–H and O–H groups in total. The van der Waals surface area contributed by atoms with Crippen LogP contribution in [0.4, 0.5) is 11.6 Å². The van der Waals surface area contributed by atoms with E-state index in [-0.39, 0.29) is 35.6 Å². The van der Waals surface area contributed by atoms with Crippen LogP contribution in [0.25, 0.3) is 11.2 Å². The lowest BCUT2D eigenvalue weighted by molar-refractivity contribution is -0.168. The molecule has 55 heavy (non-hydrogen) atoms. The van der Waals surface area contributed by atoms with E-state index in [9.17, 15) is 48.7 Å². The summed E-state index contributed by atoms with van der Waals surface area (Å²) in [5.41, 5.74) is 10.8. The Hall–Kier alpha value is -3.78. The molecular formula is C28H41N9O16P2. The van der Waals surface area contributed by atoms with E-state index in [1.54, 1.807) is 6.08 Å². The normalized spacial score (nSPS) is 26.6. The summed E-state index contributed by atoms with van der Waals surface area (Å²) >= 11 is 0. The zero-order chi connectivity index (χ0) is 40.2. The van der Waals surface area contributed by atoms with Gasteiger partial charge in [0.2, 0.25) is 0 Å². The second-order valence-electron chi connectivity index (χ2n) is 12.4. The molecule has 0 bridgehead atoms. The van der Waals surface area contributed by atoms with E-state index in [4.69, 9.17) is 34.7 Å². The molecular weight excluding hydrogens is 780 g/mol. The number of carbonyl (C=O) groups excluding carboxylic acids is 1. The van der Waals surface area contributed by atoms with Crippen LogP contribution in [0.3, 0.4) is 0 Å². The number of hydrogen-bond donors (Lipinski definition) is 8. The van der Waals surface area contributed by atoms with Crippen LogP contribution < -0.4 is 17.2 Å². The summed E-state index contributed by atoms with van der Waals surface area (Å²) in [4.78, 5) is 72.0. The molecule has 304 valence electrons. The highest BCUT2D eigenvalue weighted by atomic mass is 31.2. The zero-order valence-corrected chi connectivity index (χ0v) is 30.8. The number of aromatic nitrogens is 6. The van der Waals surface area contributed by atoms with E-state index in [1.165, 1.54) is 30.2 Å². The third-order valence-electron chi connectivity index (χ3n) is 8.68. The molecule has 25 nitrogen and oxygen atoms in total. The number of anilines is 2. The number of allylic oxidation sites excluding steroid dienone is 1. The first-order chi connectivity index (χ1) is 25.9. The summed E-state index contributed by atoms with van der Waals surface area (Å²) in [6, 6.07) is -0.166. The van der Waals surface area contributed by atoms with Crippen molar-refractivity contribution in [2.45, 2.75) is 74.5 Å². The van der Waals surface area contributed by atoms with Crippen molar-refractivity contribution < 1.29 is 71.7 Å². The topological polar surface area (TPSA) is 362 Å². The first-order valence-corrected chi connectivity index (χ1v) is 19.4. The highest BCUT2D eigenvalue weighted by Crippen LogP contribution is 2.50. The van der Waals surface area contributed by atoms with E-state index in [0.29, 0.717) is 6.42 Å². The molecule has 5 heterocycles. The number of esters is 1. The Morgan fingerprint density at radius 3 is 2.55 bits per heavy atom. The Morgan fingerprint density at radius 1 is 1.15 bits per heavy atom. The number of nitrogens with zero attached hydrogens (tertiary/aromatic N) is 7. The first-order valence-electron chi connectivity index (χ1n) is 16.4. The van der Waals surface area contributed by atoms with Crippen LogP contribution in [0.15, 0.2) is 42.4 Å². The van der Waals surface area contributed by atoms with Gasteiger partial charge in [-0.1, -0.05) is 6.08 Å². The monoisotopic (exact) mass is 821 g/mol. The van der Waals surface area contributed by atoms with Crippen molar-refractivity contribution in [3.63, 3.8) is 0 Å². The van der Waals surface area contributed by atoms with Crippen LogP contribution in [-0.4, -0.2) is 140 Å². The predicted molar refractivity (Wildman–Crippen MR) is 184 cm³/mol. The molecule has 10 atom stereocenters. The van der Waals surface area contributed by atoms with E-state index in [1.807, 2.05) is 0 Å². The number of likely N-dealkylation sites (N-methyl/N-ethyl adjacent to an activating group) is 1. The van der Waals surface area contributed by atoms with Gasteiger partial charge in [-0.15, -0.1) is 6.58 Å². The zero-order valence-electron chi connectivity index (χ0n) is 29.0. The van der Waals surface area contributed by atoms with Gasteiger partial charge in [-0.05, 0) is 26.0 Å². The number of rotatable bonds is 18. The van der Waals surface area contributed by atoms with Crippen LogP contribution in [-0.2, 0) is 41.7 Å². The van der Waals surface area contributed by atoms with Crippen LogP contribution in [0.5, 0.6) is 0 Å². The maximum absolute atomic E-state index is 13.4. The number of hydrogen-bond acceptors (Lipinski definition) is 20. The fraction of sp³-hybridized carbons (Fsp3) is 0.571. The average Bonchev–Trinajstić information content (AvgIpc) is 3.81. The Morgan fingerprint density at radius 2 is 1.87 bits per heavy atom. The second kappa shape index (κ2) is 17.6. The highest BCUT2D eigenvalue weighted by molar-refractivity contribution is 7.47. The molecule has 5 rings (SSSR count). The predicted octanol–water partition coefficient (Wildman–Crippen LogP) is -2.11. The van der Waals surface area contributed by atoms with E-state index < -0.39 is 102 Å². The van der Waals surface area contributed by atoms with Gasteiger partial charge in [0.05, 0.1) is 26.1 Å². The van der Waals surface area contributed by atoms with Gasteiger partial charge in [0.15, 0.2) is 23.8 Å². The quantitative estimate of drug-likeness (QED) is 0.0295. The fourth-order valence-electron chi connectivity index (χ4n) is 5.86. The maximum Gasteiger partial charge on any atom is 0.472 e. The molecule has 27 heteroatoms. The molecule has 4 unspecified atom stereocenters. The van der Waals surface area contributed by atoms with Crippen molar-refractivity contribution in [3.8, 4) is 0 Å². The first kappa shape index (κ1) is 42.4. The fourth-order valence-corrected chi connectivity index (χ4v) is 7.16. The van der Waals surface area contributed by atoms with E-state index in [2.05, 4.69) is 31.0 Å². The number of ether oxygens (including phenoxy) is 3. The number of nitrogens with two attached hydrogens (primary N) is 2. The number of carbonyl (C=O) groups is 1. The van der Waals surface area contributed by atoms with Gasteiger partial charge in [-0.25, -0.2) is 28.9 Å². The SMILES string of the molecule is C=CCCC(O)N(C)[C@@H](CO)C(=O)O[C@@H]1[C@@H](COP(=O)(O)O[C@H]2C[C@H](n3ccc(N)nc3=O)OC2COP(=O)(O)O)OC(n2cnc3c(N)ncnc32)[C@@H]1O. The smallest absolute Gasteiger partial charge is 0.455 e. The van der Waals surface area contributed by atoms with Gasteiger partial charge in [0.1, 0.15) is 60.6 Å². The molecule has 2 saturated heterocycles. The summed E-state index contributed by atoms with van der Waals surface area (Å²) < 4.78 is 59.4. The lowest BCUT2D eigenvalue weighted by Gasteiger charge is -2.31. The highest BCUT2D eigenvalue weighted by Gasteiger charge is 2.50. The standard InChI is InChI=1S/C28H41N9O16P2/c1-3-4-5-19(39)35(2)14(9-38)27(41)52-23-17(51-26(22(23)40)37-13-33-21-24(30)31-12-32-25(21)37)11-49-55(46,47)53-15-8-20(36-7-6-18(29)34-28(36)42)50-16(15)10-48-54(43,44)45/h3,6-7,12-17,19-20,22-23,26,38-40H,1,4-5,8-11H2,2H3,(H,46,47)(H2,29,34,42)(H2,30,31,32)(H2,43,44,45)/t14-,15-,16?,17+,19?,20+,22+,23+,26?/m0/s1. The molecule has 0 aliphatic carbocycles. The van der Waals surface area contributed by atoms with Gasteiger partial charge < -0.3 is 55.7 Å². The number of aliphatic hydroxyl groups is 3. The minimum Gasteiger partial charge on any atom is -0.455 e. The number of aliphatic hydroxyl groups excluding tert-OH is 3. The van der Waals surface area contributed by atoms with Crippen LogP contribution in [0.2, 0.25) is 0 Å². The molecule has 2 aliphatic rings. The molecule has 2 fully saturated rings. The van der Waals surface area contributed by atoms with Crippen LogP contribution >= 0.6 is 15.6 Å². The lowest BCUT2D eigenvalue weighted by atomic mass is 10.1. The van der Waals surface area contributed by atoms with Gasteiger partial charge in [0.25, 0.3) is 0 Å². The van der Waals surface area contributed by atoms with Gasteiger partial charge in [0, 0.05) is 12.6 Å². The molecule has 2 aliphatic heterocycles. The summed E-state index contributed by atoms with van der Waals surface area (Å²) in [5, 5.41) is 32.0. The summed E-state index contributed by atoms with van der Waals surface area (Å²) in [7, 11) is -8.91. The van der Waals surface area contributed by atoms with Crippen molar-refractivity contribution in [3.05, 3.63) is 48.1 Å². The van der Waals surface area contributed by atoms with Crippen LogP contribution in [0.1, 0.15) is 31.7 Å². The van der Waals surface area contributed by atoms with E-state index in [0.717, 1.165) is 15.8 Å². The second-order valence-corrected chi connectivity index (χ2v) is 15.0. The molecule has 0 spiro atoms. The van der Waals surface area contributed by atoms with Gasteiger partial charge >= 0.3 is 27.3 Å². The third-order valence-corrected chi connectivity index (χ3v) is 10.2. The molecule has 0 saturated carbocycles. The van der Waals surface area contributed by atoms with Crippen molar-refractivity contribution in [1.29, 1.82) is 0 Å². The number of fused-ring (bicyclic) bond motifs is 1. The number of nitrogen functional groups attached to an aromatic ring is 2. The summed E-state index contributed by atoms with van der Waals surface area (Å²) in [6.45, 7) is 1.02. The van der Waals surface area contributed by atoms with Gasteiger partial charge in [-0.3, -0.25) is 32.4 Å². The minimum atomic E-state index is -5.20. The molecule has 0 aromatic carbocycles. The van der Waals surface area contributed by atoms with Gasteiger partial charge in [-0.2, -0.15) is 4.98 Å². The number of imidazole rings is 1. The largest absolute Gasteiger partial charge is 0.472 e. The van der Waals surface area contributed by atoms with Crippen molar-refractivity contribution in [1.82, 2.24) is 34.0 Å². The summed E-state index contributed by atoms with van der Waals surface area (Å²) in [5.74, 6) is -1.21. The average molecular weight is 822 g/mol. The van der Waals surface area contributed by atoms with E-state index >= 15 is 0 Å². The Kier molecular flexibility index (Phi) is 13.5. The van der Waals surface area contributed by atoms with Crippen molar-refractivity contribution >= 4 is 44.4 Å². The Labute approximate surface area is 310 Å². The summed E-state index contributed by atoms with van der Waals surface area (Å²) in [6.07, 6.45) is -6.36. The number of phosphoric ester groups is 2. The third kappa shape index (κ3) is 10.2. The molecule has 0 amide bonds.